The van der Waals surface area contributed by atoms with Gasteiger partial charge in [-0.1, -0.05) is 12.8 Å². The summed E-state index contributed by atoms with van der Waals surface area (Å²) >= 11 is 0. The van der Waals surface area contributed by atoms with Gasteiger partial charge in [0.15, 0.2) is 5.82 Å². The quantitative estimate of drug-likeness (QED) is 0.793. The number of hydrogen-bond acceptors (Lipinski definition) is 3. The first-order valence-corrected chi connectivity index (χ1v) is 5.33. The van der Waals surface area contributed by atoms with E-state index in [9.17, 15) is 4.79 Å². The molecule has 5 heteroatoms. The van der Waals surface area contributed by atoms with Crippen LogP contribution in [-0.4, -0.2) is 26.3 Å². The number of nitrogens with one attached hydrogen (secondary N) is 1. The number of H-pyrrole nitrogens is 1. The van der Waals surface area contributed by atoms with Crippen LogP contribution in [0.1, 0.15) is 56.1 Å². The molecule has 5 nitrogen and oxygen atoms in total. The van der Waals surface area contributed by atoms with Crippen LogP contribution in [0.25, 0.3) is 0 Å². The minimum Gasteiger partial charge on any atom is -0.481 e. The third kappa shape index (κ3) is 2.00. The highest BCUT2D eigenvalue weighted by Gasteiger charge is 2.24. The first-order valence-electron chi connectivity index (χ1n) is 5.33. The first kappa shape index (κ1) is 10.1. The number of rotatable bonds is 3. The van der Waals surface area contributed by atoms with Gasteiger partial charge in [0.25, 0.3) is 0 Å². The number of carboxylic acids is 1. The van der Waals surface area contributed by atoms with E-state index in [0.29, 0.717) is 11.7 Å². The minimum absolute atomic E-state index is 0.393. The van der Waals surface area contributed by atoms with E-state index < -0.39 is 11.9 Å². The first-order chi connectivity index (χ1) is 7.18. The van der Waals surface area contributed by atoms with Crippen molar-refractivity contribution < 1.29 is 9.90 Å². The van der Waals surface area contributed by atoms with Crippen molar-refractivity contribution in [2.75, 3.05) is 0 Å². The van der Waals surface area contributed by atoms with Gasteiger partial charge in [-0.25, -0.2) is 4.98 Å². The van der Waals surface area contributed by atoms with Crippen LogP contribution in [-0.2, 0) is 4.79 Å². The largest absolute Gasteiger partial charge is 0.481 e. The van der Waals surface area contributed by atoms with E-state index in [1.54, 1.807) is 6.92 Å². The molecule has 0 saturated heterocycles. The summed E-state index contributed by atoms with van der Waals surface area (Å²) in [6.07, 6.45) is 4.73. The average molecular weight is 209 g/mol. The Morgan fingerprint density at radius 3 is 2.80 bits per heavy atom. The van der Waals surface area contributed by atoms with Gasteiger partial charge in [-0.15, -0.1) is 0 Å². The lowest BCUT2D eigenvalue weighted by atomic mass is 10.1. The van der Waals surface area contributed by atoms with Crippen LogP contribution in [0.15, 0.2) is 0 Å². The number of aliphatic carboxylic acids is 1. The van der Waals surface area contributed by atoms with E-state index in [-0.39, 0.29) is 0 Å². The monoisotopic (exact) mass is 209 g/mol. The van der Waals surface area contributed by atoms with Crippen molar-refractivity contribution in [1.82, 2.24) is 15.2 Å². The Balaban J connectivity index is 2.12. The van der Waals surface area contributed by atoms with Gasteiger partial charge in [-0.2, -0.15) is 5.10 Å². The molecule has 15 heavy (non-hydrogen) atoms. The van der Waals surface area contributed by atoms with Gasteiger partial charge in [0, 0.05) is 5.92 Å². The topological polar surface area (TPSA) is 78.9 Å². The van der Waals surface area contributed by atoms with Crippen LogP contribution >= 0.6 is 0 Å². The Bertz CT molecular complexity index is 355. The number of hydrogen-bond donors (Lipinski definition) is 2. The summed E-state index contributed by atoms with van der Waals surface area (Å²) in [6.45, 7) is 1.60. The average Bonchev–Trinajstić information content (AvgIpc) is 2.86. The minimum atomic E-state index is -0.882. The molecule has 1 saturated carbocycles. The van der Waals surface area contributed by atoms with Crippen LogP contribution in [0.5, 0.6) is 0 Å². The Hall–Kier alpha value is -1.39. The van der Waals surface area contributed by atoms with Crippen molar-refractivity contribution in [1.29, 1.82) is 0 Å². The molecule has 1 fully saturated rings. The summed E-state index contributed by atoms with van der Waals surface area (Å²) in [7, 11) is 0. The zero-order chi connectivity index (χ0) is 10.8. The highest BCUT2D eigenvalue weighted by Crippen LogP contribution is 2.32. The van der Waals surface area contributed by atoms with E-state index in [4.69, 9.17) is 5.11 Å². The molecule has 0 aromatic carbocycles. The molecule has 2 N–H and O–H groups in total. The summed E-state index contributed by atoms with van der Waals surface area (Å²) < 4.78 is 0. The van der Waals surface area contributed by atoms with Gasteiger partial charge in [0.1, 0.15) is 11.7 Å². The molecule has 0 aliphatic heterocycles. The van der Waals surface area contributed by atoms with Gasteiger partial charge < -0.3 is 5.11 Å². The summed E-state index contributed by atoms with van der Waals surface area (Å²) in [4.78, 5) is 15.0. The van der Waals surface area contributed by atoms with Crippen molar-refractivity contribution in [3.8, 4) is 0 Å². The standard InChI is InChI=1S/C10H15N3O2/c1-6(10(14)15)8-11-9(13-12-8)7-4-2-3-5-7/h6-7H,2-5H2,1H3,(H,14,15)(H,11,12,13). The molecule has 0 amide bonds. The maximum absolute atomic E-state index is 10.7. The Morgan fingerprint density at radius 1 is 1.53 bits per heavy atom. The second kappa shape index (κ2) is 4.00. The van der Waals surface area contributed by atoms with E-state index >= 15 is 0 Å². The molecule has 0 spiro atoms. The summed E-state index contributed by atoms with van der Waals surface area (Å²) in [5.74, 6) is 0.190. The molecule has 1 aromatic heterocycles. The molecule has 0 radical (unpaired) electrons. The number of carbonyl (C=O) groups is 1. The van der Waals surface area contributed by atoms with E-state index in [1.807, 2.05) is 0 Å². The smallest absolute Gasteiger partial charge is 0.314 e. The Kier molecular flexibility index (Phi) is 2.70. The number of carboxylic acid groups (broad SMARTS) is 1. The van der Waals surface area contributed by atoms with E-state index in [2.05, 4.69) is 15.2 Å². The second-order valence-electron chi connectivity index (χ2n) is 4.12. The van der Waals surface area contributed by atoms with Gasteiger partial charge in [0.05, 0.1) is 0 Å². The zero-order valence-corrected chi connectivity index (χ0v) is 8.73. The van der Waals surface area contributed by atoms with Crippen LogP contribution in [0, 0.1) is 0 Å². The molecular weight excluding hydrogens is 194 g/mol. The van der Waals surface area contributed by atoms with Crippen LogP contribution in [0.4, 0.5) is 0 Å². The highest BCUT2D eigenvalue weighted by atomic mass is 16.4. The zero-order valence-electron chi connectivity index (χ0n) is 8.73. The lowest BCUT2D eigenvalue weighted by Crippen LogP contribution is -2.09. The highest BCUT2D eigenvalue weighted by molar-refractivity contribution is 5.74. The molecule has 1 atom stereocenters. The Morgan fingerprint density at radius 2 is 2.20 bits per heavy atom. The Labute approximate surface area is 87.9 Å². The fourth-order valence-electron chi connectivity index (χ4n) is 1.97. The van der Waals surface area contributed by atoms with Gasteiger partial charge >= 0.3 is 5.97 Å². The van der Waals surface area contributed by atoms with E-state index in [0.717, 1.165) is 18.7 Å². The summed E-state index contributed by atoms with van der Waals surface area (Å²) in [5.41, 5.74) is 0. The maximum Gasteiger partial charge on any atom is 0.314 e. The molecule has 1 aliphatic carbocycles. The molecule has 0 bridgehead atoms. The van der Waals surface area contributed by atoms with Crippen molar-refractivity contribution in [3.05, 3.63) is 11.6 Å². The molecular formula is C10H15N3O2. The van der Waals surface area contributed by atoms with Crippen LogP contribution < -0.4 is 0 Å². The number of aromatic amines is 1. The van der Waals surface area contributed by atoms with E-state index in [1.165, 1.54) is 12.8 Å². The maximum atomic E-state index is 10.7. The SMILES string of the molecule is CC(C(=O)O)c1n[nH]c(C2CCCC2)n1. The molecule has 1 heterocycles. The lowest BCUT2D eigenvalue weighted by molar-refractivity contribution is -0.138. The fraction of sp³-hybridized carbons (Fsp3) is 0.700. The molecule has 1 aromatic rings. The number of aromatic nitrogens is 3. The summed E-state index contributed by atoms with van der Waals surface area (Å²) in [5, 5.41) is 15.6. The molecule has 1 aliphatic rings. The predicted molar refractivity (Wildman–Crippen MR) is 53.6 cm³/mol. The molecule has 2 rings (SSSR count). The van der Waals surface area contributed by atoms with Crippen LogP contribution in [0.2, 0.25) is 0 Å². The lowest BCUT2D eigenvalue weighted by Gasteiger charge is -2.02. The van der Waals surface area contributed by atoms with Gasteiger partial charge in [-0.3, -0.25) is 9.89 Å². The third-order valence-corrected chi connectivity index (χ3v) is 3.02. The molecule has 1 unspecified atom stereocenters. The van der Waals surface area contributed by atoms with Gasteiger partial charge in [-0.05, 0) is 19.8 Å². The van der Waals surface area contributed by atoms with Crippen molar-refractivity contribution in [2.24, 2.45) is 0 Å². The second-order valence-corrected chi connectivity index (χ2v) is 4.12. The van der Waals surface area contributed by atoms with Gasteiger partial charge in [0.2, 0.25) is 0 Å². The van der Waals surface area contributed by atoms with Crippen molar-refractivity contribution in [2.45, 2.75) is 44.4 Å². The van der Waals surface area contributed by atoms with Crippen LogP contribution in [0.3, 0.4) is 0 Å². The van der Waals surface area contributed by atoms with Crippen molar-refractivity contribution in [3.63, 3.8) is 0 Å². The fourth-order valence-corrected chi connectivity index (χ4v) is 1.97. The molecule has 82 valence electrons. The predicted octanol–water partition coefficient (Wildman–Crippen LogP) is 1.65. The number of nitrogens with zero attached hydrogens (tertiary/aromatic N) is 2. The summed E-state index contributed by atoms with van der Waals surface area (Å²) in [6, 6.07) is 0. The normalized spacial score (nSPS) is 19.3. The van der Waals surface area contributed by atoms with Crippen molar-refractivity contribution >= 4 is 5.97 Å². The third-order valence-electron chi connectivity index (χ3n) is 3.02.